The standard InChI is InChI=1S/C37H51N5O8S/c1-5-11-24-21-37(24,34(45)41-51(47,48)27-18-19-27)39-32(43)30-20-26(50-40-29-17-10-13-23-12-6-9-16-28(23)29)22-42(30)33(44)31(36(2,3)4)38-35(46)49-25-14-7-8-15-25/h5-6,9,12,16,24-27,30-31H,1,7-8,10-11,13-15,17-22H2,2-4H3,(H,38,46)(H,39,43)(H,41,45)/b40-29+/t24-,26-,30+,31-,37-/m1/s1. The highest BCUT2D eigenvalue weighted by Crippen LogP contribution is 2.47. The number of carbonyl (C=O) groups is 4. The summed E-state index contributed by atoms with van der Waals surface area (Å²) in [7, 11) is -3.87. The summed E-state index contributed by atoms with van der Waals surface area (Å²) >= 11 is 0. The molecule has 0 bridgehead atoms. The molecule has 1 aromatic rings. The third-order valence-electron chi connectivity index (χ3n) is 10.8. The molecule has 0 unspecified atom stereocenters. The zero-order chi connectivity index (χ0) is 36.6. The number of fused-ring (bicyclic) bond motifs is 1. The smallest absolute Gasteiger partial charge is 0.408 e. The monoisotopic (exact) mass is 725 g/mol. The molecule has 0 aromatic heterocycles. The second-order valence-electron chi connectivity index (χ2n) is 15.8. The maximum atomic E-state index is 14.5. The number of rotatable bonds is 12. The van der Waals surface area contributed by atoms with E-state index in [1.165, 1.54) is 10.5 Å². The lowest BCUT2D eigenvalue weighted by Gasteiger charge is -2.35. The first kappa shape index (κ1) is 36.8. The molecule has 1 saturated heterocycles. The molecule has 278 valence electrons. The molecule has 6 rings (SSSR count). The Hall–Kier alpha value is -3.94. The van der Waals surface area contributed by atoms with Crippen LogP contribution in [0.5, 0.6) is 0 Å². The summed E-state index contributed by atoms with van der Waals surface area (Å²) in [5, 5.41) is 9.54. The molecule has 4 aliphatic carbocycles. The SMILES string of the molecule is C=CC[C@@H]1C[C@]1(NC(=O)[C@@H]1C[C@@H](O/N=C2\CCCc3ccccc32)CN1C(=O)[C@@H](NC(=O)OC1CCCC1)C(C)(C)C)C(=O)NS(=O)(=O)C1CC1. The van der Waals surface area contributed by atoms with Gasteiger partial charge in [0.2, 0.25) is 21.8 Å². The molecular formula is C37H51N5O8S. The van der Waals surface area contributed by atoms with Crippen LogP contribution in [0.1, 0.15) is 103 Å². The van der Waals surface area contributed by atoms with Crippen LogP contribution in [0.4, 0.5) is 4.79 Å². The van der Waals surface area contributed by atoms with Crippen LogP contribution in [-0.4, -0.2) is 84.5 Å². The number of nitrogens with zero attached hydrogens (tertiary/aromatic N) is 2. The Morgan fingerprint density at radius 1 is 1.06 bits per heavy atom. The van der Waals surface area contributed by atoms with Crippen LogP contribution in [0, 0.1) is 11.3 Å². The summed E-state index contributed by atoms with van der Waals surface area (Å²) < 4.78 is 33.3. The van der Waals surface area contributed by atoms with E-state index in [1.807, 2.05) is 39.0 Å². The number of hydrogen-bond donors (Lipinski definition) is 3. The second-order valence-corrected chi connectivity index (χ2v) is 17.8. The van der Waals surface area contributed by atoms with Crippen LogP contribution in [0.3, 0.4) is 0 Å². The lowest BCUT2D eigenvalue weighted by atomic mass is 9.85. The summed E-state index contributed by atoms with van der Waals surface area (Å²) in [6, 6.07) is 5.87. The Morgan fingerprint density at radius 2 is 1.78 bits per heavy atom. The number of alkyl carbamates (subject to hydrolysis) is 1. The first-order chi connectivity index (χ1) is 24.2. The maximum absolute atomic E-state index is 14.5. The van der Waals surface area contributed by atoms with E-state index in [2.05, 4.69) is 33.2 Å². The molecule has 51 heavy (non-hydrogen) atoms. The first-order valence-electron chi connectivity index (χ1n) is 18.3. The van der Waals surface area contributed by atoms with E-state index in [-0.39, 0.29) is 31.4 Å². The van der Waals surface area contributed by atoms with Crippen LogP contribution in [0.15, 0.2) is 42.1 Å². The molecule has 0 radical (unpaired) electrons. The molecule has 1 aliphatic heterocycles. The van der Waals surface area contributed by atoms with Gasteiger partial charge in [-0.3, -0.25) is 19.1 Å². The Kier molecular flexibility index (Phi) is 10.5. The lowest BCUT2D eigenvalue weighted by Crippen LogP contribution is -2.60. The van der Waals surface area contributed by atoms with Gasteiger partial charge in [0.15, 0.2) is 0 Å². The molecule has 1 heterocycles. The van der Waals surface area contributed by atoms with Gasteiger partial charge >= 0.3 is 6.09 Å². The van der Waals surface area contributed by atoms with Crippen molar-refractivity contribution in [3.8, 4) is 0 Å². The van der Waals surface area contributed by atoms with Gasteiger partial charge in [-0.25, -0.2) is 13.2 Å². The topological polar surface area (TPSA) is 173 Å². The molecular weight excluding hydrogens is 675 g/mol. The van der Waals surface area contributed by atoms with Crippen LogP contribution >= 0.6 is 0 Å². The van der Waals surface area contributed by atoms with Crippen LogP contribution in [0.2, 0.25) is 0 Å². The molecule has 4 amide bonds. The van der Waals surface area contributed by atoms with E-state index < -0.39 is 68.2 Å². The average Bonchev–Trinajstić information content (AvgIpc) is 3.95. The van der Waals surface area contributed by atoms with Crippen molar-refractivity contribution in [2.24, 2.45) is 16.5 Å². The fraction of sp³-hybridized carbons (Fsp3) is 0.649. The predicted octanol–water partition coefficient (Wildman–Crippen LogP) is 3.86. The highest BCUT2D eigenvalue weighted by Gasteiger charge is 2.62. The molecule has 14 heteroatoms. The number of hydrogen-bond acceptors (Lipinski definition) is 9. The van der Waals surface area contributed by atoms with E-state index in [9.17, 15) is 27.6 Å². The van der Waals surface area contributed by atoms with Crippen molar-refractivity contribution in [2.75, 3.05) is 6.54 Å². The fourth-order valence-corrected chi connectivity index (χ4v) is 8.98. The summed E-state index contributed by atoms with van der Waals surface area (Å²) in [5.41, 5.74) is 0.754. The summed E-state index contributed by atoms with van der Waals surface area (Å²) in [4.78, 5) is 62.8. The van der Waals surface area contributed by atoms with E-state index in [0.29, 0.717) is 19.3 Å². The van der Waals surface area contributed by atoms with Gasteiger partial charge in [-0.2, -0.15) is 0 Å². The summed E-state index contributed by atoms with van der Waals surface area (Å²) in [5.74, 6) is -2.26. The quantitative estimate of drug-likeness (QED) is 0.215. The van der Waals surface area contributed by atoms with Gasteiger partial charge < -0.3 is 25.1 Å². The van der Waals surface area contributed by atoms with Crippen molar-refractivity contribution < 1.29 is 37.2 Å². The molecule has 3 N–H and O–H groups in total. The van der Waals surface area contributed by atoms with Gasteiger partial charge in [0, 0.05) is 12.0 Å². The minimum atomic E-state index is -3.87. The maximum Gasteiger partial charge on any atom is 0.408 e. The van der Waals surface area contributed by atoms with Crippen molar-refractivity contribution in [1.29, 1.82) is 0 Å². The molecule has 5 atom stereocenters. The third kappa shape index (κ3) is 8.26. The van der Waals surface area contributed by atoms with Crippen molar-refractivity contribution in [3.63, 3.8) is 0 Å². The molecule has 1 aromatic carbocycles. The van der Waals surface area contributed by atoms with Gasteiger partial charge in [-0.1, -0.05) is 56.3 Å². The highest BCUT2D eigenvalue weighted by atomic mass is 32.2. The number of ether oxygens (including phenoxy) is 1. The number of nitrogens with one attached hydrogen (secondary N) is 3. The van der Waals surface area contributed by atoms with Gasteiger partial charge in [-0.05, 0) is 87.5 Å². The Bertz CT molecular complexity index is 1680. The van der Waals surface area contributed by atoms with Gasteiger partial charge in [0.05, 0.1) is 17.5 Å². The van der Waals surface area contributed by atoms with Crippen molar-refractivity contribution in [1.82, 2.24) is 20.3 Å². The largest absolute Gasteiger partial charge is 0.446 e. The number of allylic oxidation sites excluding steroid dienone is 1. The van der Waals surface area contributed by atoms with Crippen LogP contribution in [0.25, 0.3) is 0 Å². The number of benzene rings is 1. The summed E-state index contributed by atoms with van der Waals surface area (Å²) in [6.07, 6.45) is 7.77. The van der Waals surface area contributed by atoms with Crippen molar-refractivity contribution in [3.05, 3.63) is 48.0 Å². The minimum absolute atomic E-state index is 0.00657. The predicted molar refractivity (Wildman–Crippen MR) is 190 cm³/mol. The number of carbonyl (C=O) groups excluding carboxylic acids is 4. The molecule has 13 nitrogen and oxygen atoms in total. The zero-order valence-corrected chi connectivity index (χ0v) is 30.6. The number of amides is 4. The Balaban J connectivity index is 1.24. The van der Waals surface area contributed by atoms with Crippen LogP contribution in [-0.2, 0) is 40.4 Å². The highest BCUT2D eigenvalue weighted by molar-refractivity contribution is 7.91. The number of oxime groups is 1. The van der Waals surface area contributed by atoms with Gasteiger partial charge in [0.25, 0.3) is 5.91 Å². The minimum Gasteiger partial charge on any atom is -0.446 e. The molecule has 5 aliphatic rings. The van der Waals surface area contributed by atoms with Crippen molar-refractivity contribution >= 4 is 39.5 Å². The lowest BCUT2D eigenvalue weighted by molar-refractivity contribution is -0.143. The number of likely N-dealkylation sites (tertiary alicyclic amines) is 1. The normalized spacial score (nSPS) is 27.6. The van der Waals surface area contributed by atoms with E-state index in [1.54, 1.807) is 6.08 Å². The molecule has 4 fully saturated rings. The van der Waals surface area contributed by atoms with Crippen molar-refractivity contribution in [2.45, 2.75) is 133 Å². The number of aryl methyl sites for hydroxylation is 1. The summed E-state index contributed by atoms with van der Waals surface area (Å²) in [6.45, 7) is 9.23. The zero-order valence-electron chi connectivity index (χ0n) is 29.8. The van der Waals surface area contributed by atoms with Gasteiger partial charge in [-0.15, -0.1) is 6.58 Å². The second kappa shape index (κ2) is 14.6. The van der Waals surface area contributed by atoms with E-state index in [4.69, 9.17) is 9.57 Å². The number of sulfonamides is 1. The fourth-order valence-electron chi connectivity index (χ4n) is 7.61. The molecule has 3 saturated carbocycles. The average molecular weight is 726 g/mol. The van der Waals surface area contributed by atoms with Crippen LogP contribution < -0.4 is 15.4 Å². The van der Waals surface area contributed by atoms with Gasteiger partial charge in [0.1, 0.15) is 29.8 Å². The van der Waals surface area contributed by atoms with E-state index in [0.717, 1.165) is 56.2 Å². The third-order valence-corrected chi connectivity index (χ3v) is 12.6. The Morgan fingerprint density at radius 3 is 2.47 bits per heavy atom. The Labute approximate surface area is 300 Å². The molecule has 0 spiro atoms. The van der Waals surface area contributed by atoms with E-state index >= 15 is 0 Å². The first-order valence-corrected chi connectivity index (χ1v) is 19.8.